The van der Waals surface area contributed by atoms with E-state index in [1.165, 1.54) is 0 Å². The number of hydrogen-bond acceptors (Lipinski definition) is 6. The lowest BCUT2D eigenvalue weighted by Gasteiger charge is -2.30. The zero-order valence-electron chi connectivity index (χ0n) is 19.6. The number of fused-ring (bicyclic) bond motifs is 2. The topological polar surface area (TPSA) is 109 Å². The smallest absolute Gasteiger partial charge is 0.257 e. The first-order valence-electron chi connectivity index (χ1n) is 11.9. The van der Waals surface area contributed by atoms with Gasteiger partial charge in [0.25, 0.3) is 5.91 Å². The predicted molar refractivity (Wildman–Crippen MR) is 130 cm³/mol. The molecule has 0 spiro atoms. The van der Waals surface area contributed by atoms with Crippen molar-refractivity contribution >= 4 is 28.4 Å². The maximum atomic E-state index is 13.3. The van der Waals surface area contributed by atoms with Crippen LogP contribution in [0.4, 0.5) is 5.82 Å². The lowest BCUT2D eigenvalue weighted by Crippen LogP contribution is -2.49. The molecule has 4 aromatic rings. The van der Waals surface area contributed by atoms with Crippen LogP contribution < -0.4 is 10.6 Å². The number of carbonyl (C=O) groups excluding carboxylic acids is 1. The summed E-state index contributed by atoms with van der Waals surface area (Å²) in [6, 6.07) is 6.13. The van der Waals surface area contributed by atoms with Crippen molar-refractivity contribution in [2.45, 2.75) is 57.2 Å². The number of aliphatic hydroxyl groups is 1. The molecule has 3 N–H and O–H groups in total. The lowest BCUT2D eigenvalue weighted by molar-refractivity contribution is 0.00435. The number of nitrogens with zero attached hydrogens (tertiary/aromatic N) is 5. The van der Waals surface area contributed by atoms with Gasteiger partial charge in [0.15, 0.2) is 5.65 Å². The van der Waals surface area contributed by atoms with E-state index in [1.807, 2.05) is 32.3 Å². The molecule has 2 aliphatic rings. The molecule has 0 saturated heterocycles. The molecule has 9 nitrogen and oxygen atoms in total. The van der Waals surface area contributed by atoms with E-state index in [0.717, 1.165) is 53.8 Å². The van der Waals surface area contributed by atoms with Crippen LogP contribution in [-0.4, -0.2) is 53.9 Å². The molecule has 0 aliphatic heterocycles. The third-order valence-electron chi connectivity index (χ3n) is 7.68. The van der Waals surface area contributed by atoms with Gasteiger partial charge in [-0.2, -0.15) is 9.61 Å². The first-order valence-corrected chi connectivity index (χ1v) is 11.9. The van der Waals surface area contributed by atoms with Crippen molar-refractivity contribution in [1.82, 2.24) is 29.5 Å². The van der Waals surface area contributed by atoms with Crippen LogP contribution in [0.2, 0.25) is 0 Å². The largest absolute Gasteiger partial charge is 0.388 e. The van der Waals surface area contributed by atoms with Gasteiger partial charge in [0.2, 0.25) is 0 Å². The third kappa shape index (κ3) is 3.18. The highest BCUT2D eigenvalue weighted by Gasteiger charge is 2.43. The molecular weight excluding hydrogens is 430 g/mol. The fourth-order valence-electron chi connectivity index (χ4n) is 5.16. The minimum Gasteiger partial charge on any atom is -0.388 e. The quantitative estimate of drug-likeness (QED) is 0.422. The van der Waals surface area contributed by atoms with Gasteiger partial charge in [-0.25, -0.2) is 9.97 Å². The SMILES string of the molecule is CNc1cc(-c2cn(C3CC3)c3ncccc23)nc2c(C(=O)N[C@H]3CCC(C)[C@]3(C)O)cnn12. The fraction of sp³-hybridized carbons (Fsp3) is 0.440. The van der Waals surface area contributed by atoms with Crippen molar-refractivity contribution in [3.63, 3.8) is 0 Å². The Morgan fingerprint density at radius 1 is 1.24 bits per heavy atom. The molecule has 2 fully saturated rings. The van der Waals surface area contributed by atoms with Crippen LogP contribution in [0.15, 0.2) is 36.8 Å². The van der Waals surface area contributed by atoms with Crippen LogP contribution in [0.1, 0.15) is 55.9 Å². The molecule has 2 saturated carbocycles. The second-order valence-electron chi connectivity index (χ2n) is 9.86. The molecule has 1 amide bonds. The number of anilines is 1. The van der Waals surface area contributed by atoms with Gasteiger partial charge in [0.05, 0.1) is 23.5 Å². The second-order valence-corrected chi connectivity index (χ2v) is 9.86. The van der Waals surface area contributed by atoms with Crippen molar-refractivity contribution in [1.29, 1.82) is 0 Å². The average Bonchev–Trinajstić information content (AvgIpc) is 3.38. The van der Waals surface area contributed by atoms with Gasteiger partial charge < -0.3 is 20.3 Å². The monoisotopic (exact) mass is 459 g/mol. The summed E-state index contributed by atoms with van der Waals surface area (Å²) in [6.07, 6.45) is 9.42. The van der Waals surface area contributed by atoms with E-state index < -0.39 is 5.60 Å². The molecule has 4 heterocycles. The average molecular weight is 460 g/mol. The predicted octanol–water partition coefficient (Wildman–Crippen LogP) is 3.40. The molecule has 0 bridgehead atoms. The second kappa shape index (κ2) is 7.53. The lowest BCUT2D eigenvalue weighted by atomic mass is 9.92. The summed E-state index contributed by atoms with van der Waals surface area (Å²) < 4.78 is 3.88. The Balaban J connectivity index is 1.44. The first kappa shape index (κ1) is 21.1. The molecule has 2 aliphatic carbocycles. The van der Waals surface area contributed by atoms with Gasteiger partial charge in [-0.05, 0) is 50.7 Å². The summed E-state index contributed by atoms with van der Waals surface area (Å²) in [7, 11) is 1.83. The van der Waals surface area contributed by atoms with E-state index >= 15 is 0 Å². The highest BCUT2D eigenvalue weighted by Crippen LogP contribution is 2.41. The highest BCUT2D eigenvalue weighted by atomic mass is 16.3. The number of pyridine rings is 1. The molecule has 3 atom stereocenters. The number of aromatic nitrogens is 5. The normalized spacial score (nSPS) is 24.7. The zero-order chi connectivity index (χ0) is 23.6. The Morgan fingerprint density at radius 2 is 2.06 bits per heavy atom. The van der Waals surface area contributed by atoms with E-state index in [2.05, 4.69) is 37.5 Å². The number of rotatable bonds is 5. The van der Waals surface area contributed by atoms with Crippen LogP contribution in [0.5, 0.6) is 0 Å². The van der Waals surface area contributed by atoms with Gasteiger partial charge in [0.1, 0.15) is 17.0 Å². The van der Waals surface area contributed by atoms with Crippen LogP contribution in [-0.2, 0) is 0 Å². The maximum Gasteiger partial charge on any atom is 0.257 e. The maximum absolute atomic E-state index is 13.3. The molecule has 6 rings (SSSR count). The Hall–Kier alpha value is -3.46. The number of carbonyl (C=O) groups is 1. The van der Waals surface area contributed by atoms with E-state index in [-0.39, 0.29) is 17.9 Å². The Kier molecular flexibility index (Phi) is 4.67. The standard InChI is InChI=1S/C25H29N7O2/c1-14-6-9-20(25(14,2)34)30-24(33)17-12-28-32-21(26-3)11-19(29-23(17)32)18-13-31(15-7-8-15)22-16(18)5-4-10-27-22/h4-5,10-15,20,26,34H,6-9H2,1-3H3,(H,30,33)/t14?,20-,25-/m0/s1. The van der Waals surface area contributed by atoms with E-state index in [4.69, 9.17) is 4.98 Å². The Morgan fingerprint density at radius 3 is 2.76 bits per heavy atom. The summed E-state index contributed by atoms with van der Waals surface area (Å²) >= 11 is 0. The molecule has 9 heteroatoms. The molecular formula is C25H29N7O2. The summed E-state index contributed by atoms with van der Waals surface area (Å²) in [5, 5.41) is 22.5. The highest BCUT2D eigenvalue weighted by molar-refractivity contribution is 6.01. The van der Waals surface area contributed by atoms with Crippen molar-refractivity contribution < 1.29 is 9.90 Å². The number of nitrogens with one attached hydrogen (secondary N) is 2. The summed E-state index contributed by atoms with van der Waals surface area (Å²) in [6.45, 7) is 3.81. The summed E-state index contributed by atoms with van der Waals surface area (Å²) in [5.41, 5.74) is 2.61. The van der Waals surface area contributed by atoms with Gasteiger partial charge in [-0.3, -0.25) is 4.79 Å². The van der Waals surface area contributed by atoms with Crippen molar-refractivity contribution in [3.05, 3.63) is 42.4 Å². The number of hydrogen-bond donors (Lipinski definition) is 3. The van der Waals surface area contributed by atoms with Crippen LogP contribution in [0.3, 0.4) is 0 Å². The Labute approximate surface area is 197 Å². The summed E-state index contributed by atoms with van der Waals surface area (Å²) in [5.74, 6) is 0.583. The van der Waals surface area contributed by atoms with Gasteiger partial charge in [-0.15, -0.1) is 0 Å². The van der Waals surface area contributed by atoms with Gasteiger partial charge >= 0.3 is 0 Å². The van der Waals surface area contributed by atoms with Crippen LogP contribution >= 0.6 is 0 Å². The Bertz CT molecular complexity index is 1420. The van der Waals surface area contributed by atoms with Gasteiger partial charge in [0, 0.05) is 42.5 Å². The molecule has 0 radical (unpaired) electrons. The number of amides is 1. The zero-order valence-corrected chi connectivity index (χ0v) is 19.6. The van der Waals surface area contributed by atoms with Crippen LogP contribution in [0, 0.1) is 5.92 Å². The van der Waals surface area contributed by atoms with E-state index in [1.54, 1.807) is 17.6 Å². The molecule has 0 aromatic carbocycles. The molecule has 176 valence electrons. The van der Waals surface area contributed by atoms with Crippen molar-refractivity contribution in [2.24, 2.45) is 5.92 Å². The van der Waals surface area contributed by atoms with Crippen molar-refractivity contribution in [2.75, 3.05) is 12.4 Å². The minimum atomic E-state index is -0.939. The molecule has 34 heavy (non-hydrogen) atoms. The third-order valence-corrected chi connectivity index (χ3v) is 7.68. The molecule has 1 unspecified atom stereocenters. The van der Waals surface area contributed by atoms with Gasteiger partial charge in [-0.1, -0.05) is 6.92 Å². The fourth-order valence-corrected chi connectivity index (χ4v) is 5.16. The summed E-state index contributed by atoms with van der Waals surface area (Å²) in [4.78, 5) is 22.8. The minimum absolute atomic E-state index is 0.125. The van der Waals surface area contributed by atoms with E-state index in [9.17, 15) is 9.90 Å². The van der Waals surface area contributed by atoms with Crippen LogP contribution in [0.25, 0.3) is 27.9 Å². The molecule has 4 aromatic heterocycles. The van der Waals surface area contributed by atoms with E-state index in [0.29, 0.717) is 17.3 Å². The first-order chi connectivity index (χ1) is 16.4. The van der Waals surface area contributed by atoms with Crippen molar-refractivity contribution in [3.8, 4) is 11.3 Å².